The third-order valence-corrected chi connectivity index (χ3v) is 3.76. The maximum absolute atomic E-state index is 12.6. The number of halogens is 1. The smallest absolute Gasteiger partial charge is 0.255 e. The average molecular weight is 379 g/mol. The lowest BCUT2D eigenvalue weighted by Gasteiger charge is -2.16. The zero-order valence-corrected chi connectivity index (χ0v) is 15.3. The van der Waals surface area contributed by atoms with E-state index in [0.717, 1.165) is 5.56 Å². The second kappa shape index (κ2) is 8.44. The van der Waals surface area contributed by atoms with Gasteiger partial charge < -0.3 is 25.3 Å². The molecule has 0 saturated carbocycles. The number of nitrogens with two attached hydrogens (primary N) is 1. The van der Waals surface area contributed by atoms with Gasteiger partial charge in [0.1, 0.15) is 0 Å². The standard InChI is InChI=1S/C18H19ClN2O5/c1-10-4-5-12(19)8-13(10)21-18(23)11-6-14(24-2)17(15(7-11)25-3)26-9-16(20)22/h4-8H,9H2,1-3H3,(H2,20,22)(H,21,23). The Morgan fingerprint density at radius 1 is 1.12 bits per heavy atom. The molecule has 8 heteroatoms. The molecule has 138 valence electrons. The molecule has 3 N–H and O–H groups in total. The Morgan fingerprint density at radius 2 is 1.73 bits per heavy atom. The molecule has 0 bridgehead atoms. The number of amides is 2. The van der Waals surface area contributed by atoms with Gasteiger partial charge in [-0.3, -0.25) is 9.59 Å². The number of methoxy groups -OCH3 is 2. The summed E-state index contributed by atoms with van der Waals surface area (Å²) in [5, 5.41) is 3.30. The Balaban J connectivity index is 2.35. The number of carbonyl (C=O) groups excluding carboxylic acids is 2. The van der Waals surface area contributed by atoms with Crippen molar-refractivity contribution in [3.63, 3.8) is 0 Å². The monoisotopic (exact) mass is 378 g/mol. The van der Waals surface area contributed by atoms with E-state index < -0.39 is 5.91 Å². The molecular weight excluding hydrogens is 360 g/mol. The number of primary amides is 1. The predicted octanol–water partition coefficient (Wildman–Crippen LogP) is 2.78. The van der Waals surface area contributed by atoms with Gasteiger partial charge in [0, 0.05) is 16.3 Å². The van der Waals surface area contributed by atoms with Crippen molar-refractivity contribution in [1.29, 1.82) is 0 Å². The van der Waals surface area contributed by atoms with Crippen LogP contribution in [-0.2, 0) is 4.79 Å². The van der Waals surface area contributed by atoms with Crippen LogP contribution >= 0.6 is 11.6 Å². The highest BCUT2D eigenvalue weighted by atomic mass is 35.5. The van der Waals surface area contributed by atoms with Gasteiger partial charge >= 0.3 is 0 Å². The number of nitrogens with one attached hydrogen (secondary N) is 1. The van der Waals surface area contributed by atoms with Gasteiger partial charge in [0.05, 0.1) is 14.2 Å². The van der Waals surface area contributed by atoms with Gasteiger partial charge in [-0.2, -0.15) is 0 Å². The number of hydrogen-bond donors (Lipinski definition) is 2. The molecule has 0 atom stereocenters. The summed E-state index contributed by atoms with van der Waals surface area (Å²) in [4.78, 5) is 23.6. The van der Waals surface area contributed by atoms with Gasteiger partial charge in [-0.05, 0) is 36.8 Å². The van der Waals surface area contributed by atoms with Crippen molar-refractivity contribution < 1.29 is 23.8 Å². The van der Waals surface area contributed by atoms with E-state index >= 15 is 0 Å². The Kier molecular flexibility index (Phi) is 6.30. The molecule has 0 saturated heterocycles. The van der Waals surface area contributed by atoms with E-state index in [9.17, 15) is 9.59 Å². The van der Waals surface area contributed by atoms with E-state index in [1.807, 2.05) is 6.92 Å². The fourth-order valence-electron chi connectivity index (χ4n) is 2.22. The largest absolute Gasteiger partial charge is 0.493 e. The Bertz CT molecular complexity index is 813. The third-order valence-electron chi connectivity index (χ3n) is 3.53. The number of aryl methyl sites for hydroxylation is 1. The molecule has 26 heavy (non-hydrogen) atoms. The van der Waals surface area contributed by atoms with Crippen LogP contribution in [0.1, 0.15) is 15.9 Å². The van der Waals surface area contributed by atoms with Crippen LogP contribution in [0.15, 0.2) is 30.3 Å². The van der Waals surface area contributed by atoms with Crippen LogP contribution in [0.2, 0.25) is 5.02 Å². The summed E-state index contributed by atoms with van der Waals surface area (Å²) in [6.45, 7) is 1.51. The van der Waals surface area contributed by atoms with Crippen LogP contribution in [0.4, 0.5) is 5.69 Å². The van der Waals surface area contributed by atoms with Crippen molar-refractivity contribution in [2.24, 2.45) is 5.73 Å². The molecule has 7 nitrogen and oxygen atoms in total. The highest BCUT2D eigenvalue weighted by molar-refractivity contribution is 6.31. The number of carbonyl (C=O) groups is 2. The van der Waals surface area contributed by atoms with Crippen LogP contribution in [-0.4, -0.2) is 32.6 Å². The lowest BCUT2D eigenvalue weighted by atomic mass is 10.1. The van der Waals surface area contributed by atoms with Crippen LogP contribution in [0.25, 0.3) is 0 Å². The molecule has 0 fully saturated rings. The van der Waals surface area contributed by atoms with Crippen LogP contribution in [0.3, 0.4) is 0 Å². The maximum atomic E-state index is 12.6. The fourth-order valence-corrected chi connectivity index (χ4v) is 2.39. The van der Waals surface area contributed by atoms with Crippen molar-refractivity contribution in [3.8, 4) is 17.2 Å². The molecule has 2 aromatic carbocycles. The molecule has 0 unspecified atom stereocenters. The summed E-state index contributed by atoms with van der Waals surface area (Å²) in [5.74, 6) is -0.373. The van der Waals surface area contributed by atoms with Gasteiger partial charge in [-0.1, -0.05) is 17.7 Å². The quantitative estimate of drug-likeness (QED) is 0.771. The van der Waals surface area contributed by atoms with E-state index in [1.54, 1.807) is 18.2 Å². The molecule has 2 rings (SSSR count). The first-order chi connectivity index (χ1) is 12.3. The van der Waals surface area contributed by atoms with Gasteiger partial charge in [0.15, 0.2) is 18.1 Å². The Morgan fingerprint density at radius 3 is 2.27 bits per heavy atom. The normalized spacial score (nSPS) is 10.2. The van der Waals surface area contributed by atoms with Crippen molar-refractivity contribution in [2.45, 2.75) is 6.92 Å². The summed E-state index contributed by atoms with van der Waals surface area (Å²) < 4.78 is 15.8. The average Bonchev–Trinajstić information content (AvgIpc) is 2.61. The Labute approximate surface area is 156 Å². The zero-order valence-electron chi connectivity index (χ0n) is 14.6. The Hall–Kier alpha value is -2.93. The second-order valence-electron chi connectivity index (χ2n) is 5.38. The molecule has 0 radical (unpaired) electrons. The van der Waals surface area contributed by atoms with E-state index in [-0.39, 0.29) is 35.3 Å². The van der Waals surface area contributed by atoms with Crippen LogP contribution in [0, 0.1) is 6.92 Å². The third kappa shape index (κ3) is 4.58. The zero-order chi connectivity index (χ0) is 19.3. The lowest BCUT2D eigenvalue weighted by Crippen LogP contribution is -2.20. The van der Waals surface area contributed by atoms with Gasteiger partial charge in [-0.15, -0.1) is 0 Å². The maximum Gasteiger partial charge on any atom is 0.255 e. The molecule has 0 spiro atoms. The van der Waals surface area contributed by atoms with E-state index in [4.69, 9.17) is 31.5 Å². The van der Waals surface area contributed by atoms with E-state index in [1.165, 1.54) is 26.4 Å². The summed E-state index contributed by atoms with van der Waals surface area (Å²) in [7, 11) is 2.82. The second-order valence-corrected chi connectivity index (χ2v) is 5.81. The molecule has 0 aliphatic carbocycles. The van der Waals surface area contributed by atoms with E-state index in [0.29, 0.717) is 10.7 Å². The summed E-state index contributed by atoms with van der Waals surface area (Å²) >= 11 is 5.98. The molecule has 0 heterocycles. The minimum absolute atomic E-state index is 0.185. The minimum atomic E-state index is -0.646. The summed E-state index contributed by atoms with van der Waals surface area (Å²) in [5.41, 5.74) is 6.83. The molecule has 0 aliphatic rings. The lowest BCUT2D eigenvalue weighted by molar-refractivity contribution is -0.120. The number of anilines is 1. The van der Waals surface area contributed by atoms with Crippen molar-refractivity contribution in [1.82, 2.24) is 0 Å². The molecule has 2 aromatic rings. The first-order valence-corrected chi connectivity index (χ1v) is 7.98. The number of hydrogen-bond acceptors (Lipinski definition) is 5. The number of ether oxygens (including phenoxy) is 3. The number of benzene rings is 2. The van der Waals surface area contributed by atoms with Crippen molar-refractivity contribution >= 4 is 29.1 Å². The highest BCUT2D eigenvalue weighted by Gasteiger charge is 2.19. The minimum Gasteiger partial charge on any atom is -0.493 e. The van der Waals surface area contributed by atoms with E-state index in [2.05, 4.69) is 5.32 Å². The summed E-state index contributed by atoms with van der Waals surface area (Å²) in [6.07, 6.45) is 0. The van der Waals surface area contributed by atoms with Crippen molar-refractivity contribution in [3.05, 3.63) is 46.5 Å². The van der Waals surface area contributed by atoms with Crippen LogP contribution < -0.4 is 25.3 Å². The molecule has 2 amide bonds. The molecule has 0 aliphatic heterocycles. The predicted molar refractivity (Wildman–Crippen MR) is 98.4 cm³/mol. The molecule has 0 aromatic heterocycles. The van der Waals surface area contributed by atoms with Crippen LogP contribution in [0.5, 0.6) is 17.2 Å². The topological polar surface area (TPSA) is 99.9 Å². The van der Waals surface area contributed by atoms with Crippen molar-refractivity contribution in [2.75, 3.05) is 26.1 Å². The van der Waals surface area contributed by atoms with Gasteiger partial charge in [0.25, 0.3) is 11.8 Å². The van der Waals surface area contributed by atoms with Gasteiger partial charge in [0.2, 0.25) is 5.75 Å². The summed E-state index contributed by atoms with van der Waals surface area (Å²) in [6, 6.07) is 8.17. The first-order valence-electron chi connectivity index (χ1n) is 7.60. The first kappa shape index (κ1) is 19.4. The molecular formula is C18H19ClN2O5. The number of rotatable bonds is 7. The van der Waals surface area contributed by atoms with Gasteiger partial charge in [-0.25, -0.2) is 0 Å². The highest BCUT2D eigenvalue weighted by Crippen LogP contribution is 2.38. The SMILES string of the molecule is COc1cc(C(=O)Nc2cc(Cl)ccc2C)cc(OC)c1OCC(N)=O. The fraction of sp³-hybridized carbons (Fsp3) is 0.222.